The molecule has 3 aromatic heterocycles. The van der Waals surface area contributed by atoms with E-state index in [0.717, 1.165) is 23.5 Å². The molecule has 0 atom stereocenters. The Balaban J connectivity index is 1.48. The second-order valence-electron chi connectivity index (χ2n) is 4.58. The standard InChI is InChI=1S/C15H16N4OS2/c16-15(17-6-5-12-3-1-7-21-12)18-9-11-10-20-14(19-11)13-4-2-8-22-13/h1-4,7-8,10H,5-6,9H2,(H3,16,17,18). The molecule has 0 aliphatic rings. The van der Waals surface area contributed by atoms with Crippen molar-refractivity contribution in [2.75, 3.05) is 6.54 Å². The molecule has 3 N–H and O–H groups in total. The SMILES string of the molecule is NC(=NCc1coc(-c2cccs2)n1)NCCc1cccs1. The van der Waals surface area contributed by atoms with Crippen molar-refractivity contribution in [3.8, 4) is 10.8 Å². The minimum atomic E-state index is 0.409. The van der Waals surface area contributed by atoms with E-state index in [1.54, 1.807) is 28.9 Å². The van der Waals surface area contributed by atoms with Gasteiger partial charge in [0, 0.05) is 11.4 Å². The number of oxazole rings is 1. The molecule has 0 spiro atoms. The number of guanidine groups is 1. The van der Waals surface area contributed by atoms with Gasteiger partial charge < -0.3 is 15.5 Å². The Bertz CT molecular complexity index is 717. The molecule has 0 aliphatic carbocycles. The van der Waals surface area contributed by atoms with E-state index < -0.39 is 0 Å². The lowest BCUT2D eigenvalue weighted by atomic mass is 10.3. The molecule has 0 aromatic carbocycles. The first-order chi connectivity index (χ1) is 10.8. The second-order valence-corrected chi connectivity index (χ2v) is 6.56. The van der Waals surface area contributed by atoms with Crippen molar-refractivity contribution >= 4 is 28.6 Å². The van der Waals surface area contributed by atoms with Crippen LogP contribution in [0.4, 0.5) is 0 Å². The minimum absolute atomic E-state index is 0.409. The number of nitrogens with two attached hydrogens (primary N) is 1. The molecule has 7 heteroatoms. The van der Waals surface area contributed by atoms with Crippen LogP contribution < -0.4 is 11.1 Å². The van der Waals surface area contributed by atoms with Crippen LogP contribution in [0.1, 0.15) is 10.6 Å². The summed E-state index contributed by atoms with van der Waals surface area (Å²) in [6.45, 7) is 1.18. The van der Waals surface area contributed by atoms with E-state index in [1.807, 2.05) is 23.6 Å². The van der Waals surface area contributed by atoms with Crippen LogP contribution in [-0.4, -0.2) is 17.5 Å². The van der Waals surface area contributed by atoms with Crippen LogP contribution in [0.25, 0.3) is 10.8 Å². The highest BCUT2D eigenvalue weighted by Gasteiger charge is 2.07. The minimum Gasteiger partial charge on any atom is -0.443 e. The maximum atomic E-state index is 5.85. The van der Waals surface area contributed by atoms with Crippen LogP contribution in [0.3, 0.4) is 0 Å². The van der Waals surface area contributed by atoms with Crippen molar-refractivity contribution in [2.45, 2.75) is 13.0 Å². The number of hydrogen-bond donors (Lipinski definition) is 2. The molecule has 3 heterocycles. The van der Waals surface area contributed by atoms with Gasteiger partial charge in [-0.25, -0.2) is 9.98 Å². The Kier molecular flexibility index (Phi) is 4.87. The quantitative estimate of drug-likeness (QED) is 0.537. The van der Waals surface area contributed by atoms with Crippen LogP contribution >= 0.6 is 22.7 Å². The first-order valence-electron chi connectivity index (χ1n) is 6.86. The molecule has 0 saturated heterocycles. The molecular weight excluding hydrogens is 316 g/mol. The Morgan fingerprint density at radius 3 is 2.91 bits per heavy atom. The zero-order chi connectivity index (χ0) is 15.2. The van der Waals surface area contributed by atoms with Crippen LogP contribution in [0.15, 0.2) is 50.7 Å². The van der Waals surface area contributed by atoms with Gasteiger partial charge in [0.05, 0.1) is 11.4 Å². The highest BCUT2D eigenvalue weighted by atomic mass is 32.1. The molecule has 5 nitrogen and oxygen atoms in total. The molecular formula is C15H16N4OS2. The van der Waals surface area contributed by atoms with Crippen LogP contribution in [0, 0.1) is 0 Å². The van der Waals surface area contributed by atoms with Crippen LogP contribution in [0.2, 0.25) is 0 Å². The van der Waals surface area contributed by atoms with Crippen molar-refractivity contribution in [1.82, 2.24) is 10.3 Å². The van der Waals surface area contributed by atoms with E-state index >= 15 is 0 Å². The zero-order valence-electron chi connectivity index (χ0n) is 11.9. The summed E-state index contributed by atoms with van der Waals surface area (Å²) in [6.07, 6.45) is 2.57. The highest BCUT2D eigenvalue weighted by Crippen LogP contribution is 2.23. The molecule has 0 fully saturated rings. The van der Waals surface area contributed by atoms with Gasteiger partial charge in [-0.3, -0.25) is 0 Å². The molecule has 0 aliphatic heterocycles. The third kappa shape index (κ3) is 3.96. The van der Waals surface area contributed by atoms with E-state index in [4.69, 9.17) is 10.2 Å². The van der Waals surface area contributed by atoms with Crippen LogP contribution in [-0.2, 0) is 13.0 Å². The summed E-state index contributed by atoms with van der Waals surface area (Å²) in [5, 5.41) is 7.17. The van der Waals surface area contributed by atoms with Gasteiger partial charge in [0.2, 0.25) is 5.89 Å². The van der Waals surface area contributed by atoms with Crippen molar-refractivity contribution < 1.29 is 4.42 Å². The predicted molar refractivity (Wildman–Crippen MR) is 91.2 cm³/mol. The first kappa shape index (κ1) is 14.8. The van der Waals surface area contributed by atoms with E-state index in [2.05, 4.69) is 26.7 Å². The first-order valence-corrected chi connectivity index (χ1v) is 8.61. The van der Waals surface area contributed by atoms with E-state index in [0.29, 0.717) is 18.4 Å². The number of aliphatic imine (C=N–C) groups is 1. The van der Waals surface area contributed by atoms with Crippen molar-refractivity contribution in [1.29, 1.82) is 0 Å². The Morgan fingerprint density at radius 2 is 2.14 bits per heavy atom. The third-order valence-corrected chi connectivity index (χ3v) is 4.75. The summed E-state index contributed by atoms with van der Waals surface area (Å²) in [4.78, 5) is 11.0. The van der Waals surface area contributed by atoms with Crippen molar-refractivity contribution in [2.24, 2.45) is 10.7 Å². The summed E-state index contributed by atoms with van der Waals surface area (Å²) in [5.41, 5.74) is 6.62. The molecule has 0 unspecified atom stereocenters. The lowest BCUT2D eigenvalue weighted by molar-refractivity contribution is 0.574. The molecule has 0 radical (unpaired) electrons. The molecule has 3 aromatic rings. The number of thiophene rings is 2. The molecule has 0 saturated carbocycles. The molecule has 0 bridgehead atoms. The lowest BCUT2D eigenvalue weighted by Crippen LogP contribution is -2.33. The fraction of sp³-hybridized carbons (Fsp3) is 0.200. The smallest absolute Gasteiger partial charge is 0.236 e. The molecule has 3 rings (SSSR count). The number of hydrogen-bond acceptors (Lipinski definition) is 5. The van der Waals surface area contributed by atoms with E-state index in [-0.39, 0.29) is 0 Å². The molecule has 114 valence electrons. The monoisotopic (exact) mass is 332 g/mol. The number of rotatable bonds is 6. The van der Waals surface area contributed by atoms with Crippen molar-refractivity contribution in [3.63, 3.8) is 0 Å². The number of nitrogens with one attached hydrogen (secondary N) is 1. The molecule has 22 heavy (non-hydrogen) atoms. The summed E-state index contributed by atoms with van der Waals surface area (Å²) in [5.74, 6) is 1.06. The van der Waals surface area contributed by atoms with E-state index in [1.165, 1.54) is 4.88 Å². The average molecular weight is 332 g/mol. The third-order valence-electron chi connectivity index (χ3n) is 2.95. The normalized spacial score (nSPS) is 11.7. The largest absolute Gasteiger partial charge is 0.443 e. The second kappa shape index (κ2) is 7.24. The van der Waals surface area contributed by atoms with Gasteiger partial charge in [0.1, 0.15) is 12.0 Å². The van der Waals surface area contributed by atoms with Gasteiger partial charge >= 0.3 is 0 Å². The number of aromatic nitrogens is 1. The fourth-order valence-electron chi connectivity index (χ4n) is 1.88. The fourth-order valence-corrected chi connectivity index (χ4v) is 3.25. The van der Waals surface area contributed by atoms with Gasteiger partial charge in [0.15, 0.2) is 5.96 Å². The molecule has 0 amide bonds. The summed E-state index contributed by atoms with van der Waals surface area (Å²) >= 11 is 3.34. The predicted octanol–water partition coefficient (Wildman–Crippen LogP) is 3.11. The summed E-state index contributed by atoms with van der Waals surface area (Å²) in [7, 11) is 0. The zero-order valence-corrected chi connectivity index (χ0v) is 13.5. The van der Waals surface area contributed by atoms with E-state index in [9.17, 15) is 0 Å². The van der Waals surface area contributed by atoms with Gasteiger partial charge in [-0.2, -0.15) is 0 Å². The van der Waals surface area contributed by atoms with Crippen LogP contribution in [0.5, 0.6) is 0 Å². The lowest BCUT2D eigenvalue weighted by Gasteiger charge is -2.03. The van der Waals surface area contributed by atoms with Gasteiger partial charge in [0.25, 0.3) is 0 Å². The summed E-state index contributed by atoms with van der Waals surface area (Å²) < 4.78 is 5.44. The Morgan fingerprint density at radius 1 is 1.27 bits per heavy atom. The Hall–Kier alpha value is -2.12. The number of nitrogens with zero attached hydrogens (tertiary/aromatic N) is 2. The van der Waals surface area contributed by atoms with Crippen molar-refractivity contribution in [3.05, 3.63) is 51.9 Å². The average Bonchev–Trinajstić information content (AvgIpc) is 3.26. The Labute approximate surface area is 136 Å². The van der Waals surface area contributed by atoms with Gasteiger partial charge in [-0.05, 0) is 29.3 Å². The summed E-state index contributed by atoms with van der Waals surface area (Å²) in [6, 6.07) is 8.11. The van der Waals surface area contributed by atoms with Gasteiger partial charge in [-0.1, -0.05) is 12.1 Å². The maximum absolute atomic E-state index is 5.85. The highest BCUT2D eigenvalue weighted by molar-refractivity contribution is 7.13. The topological polar surface area (TPSA) is 76.4 Å². The van der Waals surface area contributed by atoms with Gasteiger partial charge in [-0.15, -0.1) is 22.7 Å². The maximum Gasteiger partial charge on any atom is 0.236 e.